The Kier molecular flexibility index (Phi) is 5.58. The molecule has 0 aliphatic rings. The molecule has 0 saturated carbocycles. The number of guanidine groups is 1. The van der Waals surface area contributed by atoms with E-state index >= 15 is 0 Å². The average molecular weight is 353 g/mol. The number of hydrogen-bond acceptors (Lipinski definition) is 4. The number of para-hydroxylation sites is 2. The molecule has 0 amide bonds. The van der Waals surface area contributed by atoms with E-state index in [9.17, 15) is 0 Å². The van der Waals surface area contributed by atoms with Crippen LogP contribution >= 0.6 is 0 Å². The van der Waals surface area contributed by atoms with Crippen LogP contribution in [0.4, 0.5) is 0 Å². The first-order valence-corrected chi connectivity index (χ1v) is 8.38. The summed E-state index contributed by atoms with van der Waals surface area (Å²) in [6.45, 7) is 1.12. The number of ether oxygens (including phenoxy) is 2. The van der Waals surface area contributed by atoms with E-state index in [1.54, 1.807) is 14.2 Å². The minimum absolute atomic E-state index is 0.399. The van der Waals surface area contributed by atoms with Crippen LogP contribution in [0, 0.1) is 0 Å². The van der Waals surface area contributed by atoms with Gasteiger partial charge in [-0.05, 0) is 29.8 Å². The summed E-state index contributed by atoms with van der Waals surface area (Å²) in [4.78, 5) is 12.2. The number of imidazole rings is 1. The molecule has 2 aromatic carbocycles. The van der Waals surface area contributed by atoms with Gasteiger partial charge in [0.1, 0.15) is 5.82 Å². The summed E-state index contributed by atoms with van der Waals surface area (Å²) in [6.07, 6.45) is 0.737. The molecule has 0 aliphatic carbocycles. The molecule has 0 saturated heterocycles. The van der Waals surface area contributed by atoms with Crippen molar-refractivity contribution in [2.45, 2.75) is 13.0 Å². The van der Waals surface area contributed by atoms with Crippen molar-refractivity contribution in [3.05, 3.63) is 53.9 Å². The van der Waals surface area contributed by atoms with Crippen molar-refractivity contribution >= 4 is 17.0 Å². The van der Waals surface area contributed by atoms with E-state index in [4.69, 9.17) is 15.2 Å². The van der Waals surface area contributed by atoms with E-state index in [0.29, 0.717) is 30.5 Å². The number of benzene rings is 2. The molecule has 7 heteroatoms. The summed E-state index contributed by atoms with van der Waals surface area (Å²) in [5.74, 6) is 2.69. The van der Waals surface area contributed by atoms with Crippen LogP contribution in [-0.4, -0.2) is 36.7 Å². The van der Waals surface area contributed by atoms with Crippen molar-refractivity contribution in [1.82, 2.24) is 15.3 Å². The molecule has 0 aliphatic heterocycles. The van der Waals surface area contributed by atoms with Crippen LogP contribution in [0.25, 0.3) is 11.0 Å². The van der Waals surface area contributed by atoms with Gasteiger partial charge in [-0.3, -0.25) is 0 Å². The second-order valence-electron chi connectivity index (χ2n) is 5.77. The molecule has 1 heterocycles. The molecule has 136 valence electrons. The summed E-state index contributed by atoms with van der Waals surface area (Å²) < 4.78 is 10.5. The van der Waals surface area contributed by atoms with Gasteiger partial charge in [-0.1, -0.05) is 18.2 Å². The van der Waals surface area contributed by atoms with E-state index in [1.807, 2.05) is 42.5 Å². The van der Waals surface area contributed by atoms with Crippen LogP contribution in [0.2, 0.25) is 0 Å². The molecule has 0 bridgehead atoms. The maximum Gasteiger partial charge on any atom is 0.188 e. The van der Waals surface area contributed by atoms with Crippen LogP contribution in [-0.2, 0) is 13.0 Å². The number of aromatic amines is 1. The van der Waals surface area contributed by atoms with Gasteiger partial charge in [0.25, 0.3) is 0 Å². The van der Waals surface area contributed by atoms with Gasteiger partial charge in [0.05, 0.1) is 31.8 Å². The van der Waals surface area contributed by atoms with Gasteiger partial charge < -0.3 is 25.5 Å². The van der Waals surface area contributed by atoms with Crippen molar-refractivity contribution in [3.8, 4) is 11.5 Å². The fourth-order valence-corrected chi connectivity index (χ4v) is 2.64. The number of rotatable bonds is 7. The first-order chi connectivity index (χ1) is 12.7. The van der Waals surface area contributed by atoms with E-state index in [2.05, 4.69) is 20.3 Å². The van der Waals surface area contributed by atoms with Crippen LogP contribution < -0.4 is 20.5 Å². The molecule has 0 radical (unpaired) electrons. The molecule has 26 heavy (non-hydrogen) atoms. The third-order valence-electron chi connectivity index (χ3n) is 3.99. The summed E-state index contributed by atoms with van der Waals surface area (Å²) in [5.41, 5.74) is 8.94. The Morgan fingerprint density at radius 3 is 2.73 bits per heavy atom. The molecule has 1 aromatic heterocycles. The minimum Gasteiger partial charge on any atom is -0.493 e. The fourth-order valence-electron chi connectivity index (χ4n) is 2.64. The zero-order valence-corrected chi connectivity index (χ0v) is 15.0. The highest BCUT2D eigenvalue weighted by Crippen LogP contribution is 2.27. The lowest BCUT2D eigenvalue weighted by Crippen LogP contribution is -2.33. The highest BCUT2D eigenvalue weighted by molar-refractivity contribution is 5.78. The van der Waals surface area contributed by atoms with E-state index in [-0.39, 0.29) is 0 Å². The molecule has 0 unspecified atom stereocenters. The Morgan fingerprint density at radius 1 is 1.15 bits per heavy atom. The van der Waals surface area contributed by atoms with Gasteiger partial charge in [-0.15, -0.1) is 0 Å². The molecule has 0 atom stereocenters. The number of nitrogens with zero attached hydrogens (tertiary/aromatic N) is 2. The Balaban J connectivity index is 1.52. The van der Waals surface area contributed by atoms with Crippen LogP contribution in [0.15, 0.2) is 47.5 Å². The van der Waals surface area contributed by atoms with Crippen molar-refractivity contribution in [2.75, 3.05) is 20.8 Å². The quantitative estimate of drug-likeness (QED) is 0.447. The van der Waals surface area contributed by atoms with Crippen molar-refractivity contribution < 1.29 is 9.47 Å². The number of fused-ring (bicyclic) bond motifs is 1. The van der Waals surface area contributed by atoms with Crippen LogP contribution in [0.3, 0.4) is 0 Å². The van der Waals surface area contributed by atoms with Gasteiger partial charge in [0.15, 0.2) is 17.5 Å². The van der Waals surface area contributed by atoms with Crippen molar-refractivity contribution in [3.63, 3.8) is 0 Å². The summed E-state index contributed by atoms with van der Waals surface area (Å²) in [6, 6.07) is 13.6. The summed E-state index contributed by atoms with van der Waals surface area (Å²) >= 11 is 0. The fraction of sp³-hybridized carbons (Fsp3) is 0.263. The summed E-state index contributed by atoms with van der Waals surface area (Å²) in [7, 11) is 3.22. The molecule has 7 nitrogen and oxygen atoms in total. The maximum absolute atomic E-state index is 5.94. The maximum atomic E-state index is 5.94. The molecular formula is C19H23N5O2. The van der Waals surface area contributed by atoms with Crippen molar-refractivity contribution in [1.29, 1.82) is 0 Å². The Hall–Kier alpha value is -3.22. The van der Waals surface area contributed by atoms with E-state index in [1.165, 1.54) is 0 Å². The lowest BCUT2D eigenvalue weighted by atomic mass is 10.2. The zero-order valence-electron chi connectivity index (χ0n) is 15.0. The number of aromatic nitrogens is 2. The minimum atomic E-state index is 0.399. The predicted octanol–water partition coefficient (Wildman–Crippen LogP) is 2.23. The predicted molar refractivity (Wildman–Crippen MR) is 103 cm³/mol. The number of H-pyrrole nitrogens is 1. The lowest BCUT2D eigenvalue weighted by Gasteiger charge is -2.09. The first-order valence-electron chi connectivity index (χ1n) is 8.38. The third kappa shape index (κ3) is 4.24. The van der Waals surface area contributed by atoms with Crippen molar-refractivity contribution in [2.24, 2.45) is 10.7 Å². The second-order valence-corrected chi connectivity index (χ2v) is 5.77. The second kappa shape index (κ2) is 8.24. The number of nitrogens with two attached hydrogens (primary N) is 1. The molecule has 3 rings (SSSR count). The Labute approximate surface area is 152 Å². The molecule has 3 aromatic rings. The monoisotopic (exact) mass is 353 g/mol. The number of methoxy groups -OCH3 is 2. The number of aliphatic imine (C=N–C) groups is 1. The largest absolute Gasteiger partial charge is 0.493 e. The highest BCUT2D eigenvalue weighted by Gasteiger charge is 2.05. The summed E-state index contributed by atoms with van der Waals surface area (Å²) in [5, 5.41) is 3.11. The molecule has 4 N–H and O–H groups in total. The van der Waals surface area contributed by atoms with E-state index < -0.39 is 0 Å². The third-order valence-corrected chi connectivity index (χ3v) is 3.99. The van der Waals surface area contributed by atoms with Gasteiger partial charge >= 0.3 is 0 Å². The zero-order chi connectivity index (χ0) is 18.4. The van der Waals surface area contributed by atoms with Gasteiger partial charge in [0.2, 0.25) is 0 Å². The first kappa shape index (κ1) is 17.6. The number of hydrogen-bond donors (Lipinski definition) is 3. The standard InChI is InChI=1S/C19H23N5O2/c1-25-16-8-7-13(11-17(16)26-2)12-22-19(20)21-10-9-18-23-14-5-3-4-6-15(14)24-18/h3-8,11H,9-10,12H2,1-2H3,(H,23,24)(H3,20,21,22). The normalized spacial score (nSPS) is 11.5. The SMILES string of the molecule is COc1ccc(CN=C(N)NCCc2nc3ccccc3[nH]2)cc1OC. The van der Waals surface area contributed by atoms with Gasteiger partial charge in [-0.25, -0.2) is 9.98 Å². The van der Waals surface area contributed by atoms with Crippen LogP contribution in [0.5, 0.6) is 11.5 Å². The molecule has 0 spiro atoms. The Morgan fingerprint density at radius 2 is 1.96 bits per heavy atom. The smallest absolute Gasteiger partial charge is 0.188 e. The average Bonchev–Trinajstić information content (AvgIpc) is 3.08. The molecule has 0 fully saturated rings. The molecular weight excluding hydrogens is 330 g/mol. The van der Waals surface area contributed by atoms with Crippen LogP contribution in [0.1, 0.15) is 11.4 Å². The van der Waals surface area contributed by atoms with Gasteiger partial charge in [0, 0.05) is 13.0 Å². The Bertz CT molecular complexity index is 871. The van der Waals surface area contributed by atoms with E-state index in [0.717, 1.165) is 28.8 Å². The number of nitrogens with one attached hydrogen (secondary N) is 2. The highest BCUT2D eigenvalue weighted by atomic mass is 16.5. The lowest BCUT2D eigenvalue weighted by molar-refractivity contribution is 0.354. The topological polar surface area (TPSA) is 97.5 Å². The van der Waals surface area contributed by atoms with Gasteiger partial charge in [-0.2, -0.15) is 0 Å².